The van der Waals surface area contributed by atoms with Gasteiger partial charge >= 0.3 is 5.97 Å². The Morgan fingerprint density at radius 2 is 1.82 bits per heavy atom. The molecule has 0 fully saturated rings. The van der Waals surface area contributed by atoms with Crippen molar-refractivity contribution in [3.8, 4) is 28.6 Å². The Hall–Kier alpha value is -4.13. The smallest absolute Gasteiger partial charge is 0.345 e. The van der Waals surface area contributed by atoms with Crippen LogP contribution in [0.2, 0.25) is 0 Å². The maximum Gasteiger partial charge on any atom is 0.345 e. The second kappa shape index (κ2) is 6.88. The third-order valence-electron chi connectivity index (χ3n) is 4.04. The number of nitrogens with zero attached hydrogens (tertiary/aromatic N) is 1. The van der Waals surface area contributed by atoms with Gasteiger partial charge in [-0.1, -0.05) is 0 Å². The second-order valence-electron chi connectivity index (χ2n) is 5.97. The van der Waals surface area contributed by atoms with E-state index in [9.17, 15) is 19.8 Å². The number of fused-ring (bicyclic) bond motifs is 1. The highest BCUT2D eigenvalue weighted by Crippen LogP contribution is 2.31. The molecule has 138 valence electrons. The fraction of sp³-hybridized carbons (Fsp3) is 0. The number of rotatable bonds is 3. The van der Waals surface area contributed by atoms with Gasteiger partial charge in [0.2, 0.25) is 0 Å². The van der Waals surface area contributed by atoms with Gasteiger partial charge in [-0.2, -0.15) is 0 Å². The summed E-state index contributed by atoms with van der Waals surface area (Å²) in [6, 6.07) is 13.2. The van der Waals surface area contributed by atoms with Crippen molar-refractivity contribution in [1.29, 1.82) is 0 Å². The molecule has 4 rings (SSSR count). The highest BCUT2D eigenvalue weighted by molar-refractivity contribution is 5.90. The highest BCUT2D eigenvalue weighted by Gasteiger charge is 2.13. The first kappa shape index (κ1) is 17.3. The van der Waals surface area contributed by atoms with Gasteiger partial charge in [-0.3, -0.25) is 9.78 Å². The van der Waals surface area contributed by atoms with Gasteiger partial charge in [0.25, 0.3) is 0 Å². The molecule has 0 amide bonds. The minimum Gasteiger partial charge on any atom is -0.508 e. The lowest BCUT2D eigenvalue weighted by Gasteiger charge is -2.07. The summed E-state index contributed by atoms with van der Waals surface area (Å²) in [4.78, 5) is 28.2. The van der Waals surface area contributed by atoms with Crippen LogP contribution in [-0.2, 0) is 0 Å². The van der Waals surface area contributed by atoms with Crippen LogP contribution >= 0.6 is 0 Å². The Morgan fingerprint density at radius 3 is 2.54 bits per heavy atom. The standard InChI is InChI=1S/C21H13NO6/c23-14-8-16(24)20-17(25)10-18(28-19(20)9-14)12-3-5-15(6-4-12)27-21(26)13-2-1-7-22-11-13/h1-11,23-24H. The van der Waals surface area contributed by atoms with Crippen molar-refractivity contribution in [2.45, 2.75) is 0 Å². The second-order valence-corrected chi connectivity index (χ2v) is 5.97. The number of phenolic OH excluding ortho intramolecular Hbond substituents is 2. The normalized spacial score (nSPS) is 10.7. The van der Waals surface area contributed by atoms with Crippen LogP contribution in [-0.4, -0.2) is 21.2 Å². The Morgan fingerprint density at radius 1 is 1.04 bits per heavy atom. The van der Waals surface area contributed by atoms with Gasteiger partial charge in [-0.15, -0.1) is 0 Å². The molecule has 0 unspecified atom stereocenters. The van der Waals surface area contributed by atoms with Crippen molar-refractivity contribution in [3.05, 3.63) is 82.8 Å². The average molecular weight is 375 g/mol. The third kappa shape index (κ3) is 3.28. The number of benzene rings is 2. The van der Waals surface area contributed by atoms with Gasteiger partial charge in [0.05, 0.1) is 5.56 Å². The molecule has 7 nitrogen and oxygen atoms in total. The van der Waals surface area contributed by atoms with Crippen LogP contribution in [0.25, 0.3) is 22.3 Å². The summed E-state index contributed by atoms with van der Waals surface area (Å²) in [6.45, 7) is 0. The van der Waals surface area contributed by atoms with E-state index in [-0.39, 0.29) is 28.2 Å². The lowest BCUT2D eigenvalue weighted by molar-refractivity contribution is 0.0734. The molecule has 2 aromatic carbocycles. The first-order chi connectivity index (χ1) is 13.5. The predicted octanol–water partition coefficient (Wildman–Crippen LogP) is 3.49. The summed E-state index contributed by atoms with van der Waals surface area (Å²) >= 11 is 0. The van der Waals surface area contributed by atoms with Crippen LogP contribution in [0.1, 0.15) is 10.4 Å². The first-order valence-corrected chi connectivity index (χ1v) is 8.24. The van der Waals surface area contributed by atoms with Gasteiger partial charge in [0.15, 0.2) is 5.43 Å². The number of carbonyl (C=O) groups excluding carboxylic acids is 1. The lowest BCUT2D eigenvalue weighted by atomic mass is 10.1. The van der Waals surface area contributed by atoms with Crippen molar-refractivity contribution in [2.75, 3.05) is 0 Å². The van der Waals surface area contributed by atoms with E-state index in [4.69, 9.17) is 9.15 Å². The number of carbonyl (C=O) groups is 1. The van der Waals surface area contributed by atoms with Crippen molar-refractivity contribution in [2.24, 2.45) is 0 Å². The van der Waals surface area contributed by atoms with Gasteiger partial charge in [-0.05, 0) is 36.4 Å². The number of esters is 1. The molecule has 0 spiro atoms. The zero-order chi connectivity index (χ0) is 19.7. The van der Waals surface area contributed by atoms with Gasteiger partial charge in [-0.25, -0.2) is 4.79 Å². The van der Waals surface area contributed by atoms with Crippen LogP contribution in [0.5, 0.6) is 17.2 Å². The number of aromatic hydroxyl groups is 2. The predicted molar refractivity (Wildman–Crippen MR) is 100 cm³/mol. The molecule has 7 heteroatoms. The lowest BCUT2D eigenvalue weighted by Crippen LogP contribution is -2.08. The quantitative estimate of drug-likeness (QED) is 0.417. The molecular formula is C21H13NO6. The minimum atomic E-state index is -0.538. The van der Waals surface area contributed by atoms with Crippen LogP contribution in [0.15, 0.2) is 76.2 Å². The van der Waals surface area contributed by atoms with Crippen molar-refractivity contribution < 1.29 is 24.2 Å². The third-order valence-corrected chi connectivity index (χ3v) is 4.04. The van der Waals surface area contributed by atoms with E-state index in [0.29, 0.717) is 16.9 Å². The Labute approximate surface area is 158 Å². The largest absolute Gasteiger partial charge is 0.508 e. The zero-order valence-corrected chi connectivity index (χ0v) is 14.3. The van der Waals surface area contributed by atoms with E-state index >= 15 is 0 Å². The van der Waals surface area contributed by atoms with Crippen molar-refractivity contribution in [3.63, 3.8) is 0 Å². The van der Waals surface area contributed by atoms with E-state index in [0.717, 1.165) is 6.07 Å². The maximum atomic E-state index is 12.3. The van der Waals surface area contributed by atoms with E-state index < -0.39 is 11.4 Å². The molecule has 2 aromatic heterocycles. The summed E-state index contributed by atoms with van der Waals surface area (Å²) in [6.07, 6.45) is 2.97. The molecule has 0 atom stereocenters. The number of aromatic nitrogens is 1. The van der Waals surface area contributed by atoms with Crippen molar-refractivity contribution in [1.82, 2.24) is 4.98 Å². The topological polar surface area (TPSA) is 110 Å². The first-order valence-electron chi connectivity index (χ1n) is 8.24. The Balaban J connectivity index is 1.64. The molecule has 0 saturated heterocycles. The van der Waals surface area contributed by atoms with E-state index in [2.05, 4.69) is 4.98 Å². The SMILES string of the molecule is O=C(Oc1ccc(-c2cc(=O)c3c(O)cc(O)cc3o2)cc1)c1cccnc1. The molecule has 2 N–H and O–H groups in total. The fourth-order valence-corrected chi connectivity index (χ4v) is 2.73. The number of hydrogen-bond acceptors (Lipinski definition) is 7. The summed E-state index contributed by atoms with van der Waals surface area (Å²) in [5.74, 6) is -0.552. The summed E-state index contributed by atoms with van der Waals surface area (Å²) in [5, 5.41) is 19.4. The molecule has 0 aliphatic carbocycles. The van der Waals surface area contributed by atoms with Crippen LogP contribution in [0.4, 0.5) is 0 Å². The fourth-order valence-electron chi connectivity index (χ4n) is 2.73. The van der Waals surface area contributed by atoms with Crippen LogP contribution in [0.3, 0.4) is 0 Å². The molecule has 2 heterocycles. The molecule has 0 radical (unpaired) electrons. The monoisotopic (exact) mass is 375 g/mol. The Bertz CT molecular complexity index is 1230. The van der Waals surface area contributed by atoms with Crippen LogP contribution in [0, 0.1) is 0 Å². The molecule has 0 aliphatic rings. The summed E-state index contributed by atoms with van der Waals surface area (Å²) < 4.78 is 10.9. The highest BCUT2D eigenvalue weighted by atomic mass is 16.5. The molecule has 0 bridgehead atoms. The number of ether oxygens (including phenoxy) is 1. The average Bonchev–Trinajstić information content (AvgIpc) is 2.68. The van der Waals surface area contributed by atoms with Gasteiger partial charge in [0, 0.05) is 36.2 Å². The molecule has 4 aromatic rings. The molecule has 0 saturated carbocycles. The van der Waals surface area contributed by atoms with Gasteiger partial charge in [0.1, 0.15) is 34.0 Å². The summed E-state index contributed by atoms with van der Waals surface area (Å²) in [5.41, 5.74) is 0.502. The van der Waals surface area contributed by atoms with Crippen molar-refractivity contribution >= 4 is 16.9 Å². The maximum absolute atomic E-state index is 12.3. The van der Waals surface area contributed by atoms with E-state index in [1.807, 2.05) is 0 Å². The Kier molecular flexibility index (Phi) is 4.25. The minimum absolute atomic E-state index is 0.0106. The zero-order valence-electron chi connectivity index (χ0n) is 14.3. The number of hydrogen-bond donors (Lipinski definition) is 2. The van der Waals surface area contributed by atoms with E-state index in [1.54, 1.807) is 42.6 Å². The van der Waals surface area contributed by atoms with Crippen LogP contribution < -0.4 is 10.2 Å². The van der Waals surface area contributed by atoms with Gasteiger partial charge < -0.3 is 19.4 Å². The molecular weight excluding hydrogens is 362 g/mol. The summed E-state index contributed by atoms with van der Waals surface area (Å²) in [7, 11) is 0. The number of phenols is 2. The molecule has 28 heavy (non-hydrogen) atoms. The molecule has 0 aliphatic heterocycles. The number of pyridine rings is 1. The van der Waals surface area contributed by atoms with E-state index in [1.165, 1.54) is 18.3 Å².